The van der Waals surface area contributed by atoms with E-state index in [1.54, 1.807) is 6.92 Å². The summed E-state index contributed by atoms with van der Waals surface area (Å²) in [5.41, 5.74) is 1.93. The van der Waals surface area contributed by atoms with Gasteiger partial charge in [-0.1, -0.05) is 25.4 Å². The minimum absolute atomic E-state index is 0.0514. The molecule has 0 aromatic carbocycles. The number of aromatic amines is 1. The van der Waals surface area contributed by atoms with Crippen molar-refractivity contribution < 1.29 is 4.92 Å². The lowest BCUT2D eigenvalue weighted by molar-refractivity contribution is -0.383. The number of hydrogen-bond acceptors (Lipinski definition) is 3. The minimum atomic E-state index is -0.408. The number of H-pyrrole nitrogens is 1. The van der Waals surface area contributed by atoms with Gasteiger partial charge in [-0.15, -0.1) is 0 Å². The van der Waals surface area contributed by atoms with Crippen LogP contribution in [0.2, 0.25) is 5.02 Å². The molecule has 18 heavy (non-hydrogen) atoms. The molecule has 2 heterocycles. The fourth-order valence-corrected chi connectivity index (χ4v) is 2.32. The average molecular weight is 268 g/mol. The maximum Gasteiger partial charge on any atom is 0.299 e. The van der Waals surface area contributed by atoms with Crippen molar-refractivity contribution in [2.45, 2.75) is 27.2 Å². The lowest BCUT2D eigenvalue weighted by atomic mass is 10.1. The van der Waals surface area contributed by atoms with Gasteiger partial charge in [0, 0.05) is 6.20 Å². The van der Waals surface area contributed by atoms with Crippen molar-refractivity contribution in [1.82, 2.24) is 9.97 Å². The summed E-state index contributed by atoms with van der Waals surface area (Å²) in [7, 11) is 0. The van der Waals surface area contributed by atoms with Crippen molar-refractivity contribution in [2.75, 3.05) is 0 Å². The Bertz CT molecular complexity index is 619. The summed E-state index contributed by atoms with van der Waals surface area (Å²) >= 11 is 6.26. The molecule has 1 N–H and O–H groups in total. The SMILES string of the molecule is Cc1[nH]c2c(Cl)c(CC(C)C)ncc2c1[N+](=O)[O-]. The normalized spacial score (nSPS) is 11.4. The molecule has 0 bridgehead atoms. The van der Waals surface area contributed by atoms with Crippen molar-refractivity contribution in [3.05, 3.63) is 32.7 Å². The van der Waals surface area contributed by atoms with E-state index in [9.17, 15) is 10.1 Å². The number of halogens is 1. The first-order valence-electron chi connectivity index (χ1n) is 5.71. The van der Waals surface area contributed by atoms with Crippen molar-refractivity contribution in [3.8, 4) is 0 Å². The Morgan fingerprint density at radius 3 is 2.78 bits per heavy atom. The van der Waals surface area contributed by atoms with Crippen LogP contribution in [0.15, 0.2) is 6.20 Å². The molecule has 0 fully saturated rings. The molecule has 0 saturated carbocycles. The van der Waals surface area contributed by atoms with Crippen LogP contribution in [-0.2, 0) is 6.42 Å². The summed E-state index contributed by atoms with van der Waals surface area (Å²) in [5, 5.41) is 11.9. The van der Waals surface area contributed by atoms with Gasteiger partial charge in [0.1, 0.15) is 0 Å². The van der Waals surface area contributed by atoms with E-state index in [0.29, 0.717) is 27.5 Å². The van der Waals surface area contributed by atoms with Crippen molar-refractivity contribution in [2.24, 2.45) is 5.92 Å². The third-order valence-electron chi connectivity index (χ3n) is 2.80. The van der Waals surface area contributed by atoms with Crippen LogP contribution < -0.4 is 0 Å². The highest BCUT2D eigenvalue weighted by atomic mass is 35.5. The Hall–Kier alpha value is -1.62. The van der Waals surface area contributed by atoms with E-state index in [2.05, 4.69) is 23.8 Å². The zero-order valence-corrected chi connectivity index (χ0v) is 11.2. The van der Waals surface area contributed by atoms with E-state index in [0.717, 1.165) is 12.1 Å². The van der Waals surface area contributed by atoms with Crippen LogP contribution in [-0.4, -0.2) is 14.9 Å². The molecule has 0 aliphatic rings. The van der Waals surface area contributed by atoms with Crippen molar-refractivity contribution in [3.63, 3.8) is 0 Å². The van der Waals surface area contributed by atoms with Gasteiger partial charge in [0.15, 0.2) is 0 Å². The first-order chi connectivity index (χ1) is 8.41. The number of rotatable bonds is 3. The molecule has 0 unspecified atom stereocenters. The first kappa shape index (κ1) is 12.8. The third-order valence-corrected chi connectivity index (χ3v) is 3.21. The molecule has 0 aliphatic carbocycles. The smallest absolute Gasteiger partial charge is 0.299 e. The van der Waals surface area contributed by atoms with E-state index >= 15 is 0 Å². The number of nitrogens with one attached hydrogen (secondary N) is 1. The van der Waals surface area contributed by atoms with Crippen molar-refractivity contribution in [1.29, 1.82) is 0 Å². The topological polar surface area (TPSA) is 71.8 Å². The standard InChI is InChI=1S/C12H14ClN3O2/c1-6(2)4-9-10(13)11-8(5-14-9)12(16(17)18)7(3)15-11/h5-6,15H,4H2,1-3H3. The molecular weight excluding hydrogens is 254 g/mol. The molecule has 2 aromatic heterocycles. The number of aromatic nitrogens is 2. The van der Waals surface area contributed by atoms with Crippen LogP contribution in [0.25, 0.3) is 10.9 Å². The van der Waals surface area contributed by atoms with Gasteiger partial charge >= 0.3 is 0 Å². The maximum atomic E-state index is 11.0. The molecule has 0 aliphatic heterocycles. The molecule has 0 radical (unpaired) electrons. The van der Waals surface area contributed by atoms with Gasteiger partial charge in [-0.3, -0.25) is 15.1 Å². The first-order valence-corrected chi connectivity index (χ1v) is 6.09. The van der Waals surface area contributed by atoms with E-state index in [-0.39, 0.29) is 5.69 Å². The largest absolute Gasteiger partial charge is 0.352 e. The van der Waals surface area contributed by atoms with Gasteiger partial charge in [0.25, 0.3) is 5.69 Å². The van der Waals surface area contributed by atoms with E-state index in [1.807, 2.05) is 0 Å². The third kappa shape index (κ3) is 2.06. The number of hydrogen-bond donors (Lipinski definition) is 1. The van der Waals surface area contributed by atoms with Crippen LogP contribution in [0, 0.1) is 23.0 Å². The van der Waals surface area contributed by atoms with E-state index in [1.165, 1.54) is 6.20 Å². The highest BCUT2D eigenvalue weighted by Gasteiger charge is 2.22. The summed E-state index contributed by atoms with van der Waals surface area (Å²) in [6, 6.07) is 0. The molecule has 2 rings (SSSR count). The van der Waals surface area contributed by atoms with Gasteiger partial charge < -0.3 is 4.98 Å². The van der Waals surface area contributed by atoms with Crippen LogP contribution in [0.1, 0.15) is 25.2 Å². The second-order valence-corrected chi connectivity index (χ2v) is 5.14. The second kappa shape index (κ2) is 4.57. The van der Waals surface area contributed by atoms with Crippen LogP contribution in [0.4, 0.5) is 5.69 Å². The zero-order chi connectivity index (χ0) is 13.4. The number of pyridine rings is 1. The Balaban J connectivity index is 2.66. The van der Waals surface area contributed by atoms with Gasteiger partial charge in [-0.2, -0.15) is 0 Å². The summed E-state index contributed by atoms with van der Waals surface area (Å²) < 4.78 is 0. The van der Waals surface area contributed by atoms with Crippen LogP contribution in [0.3, 0.4) is 0 Å². The number of nitrogens with zero attached hydrogens (tertiary/aromatic N) is 2. The molecule has 96 valence electrons. The summed E-state index contributed by atoms with van der Waals surface area (Å²) in [5.74, 6) is 0.429. The molecular formula is C12H14ClN3O2. The van der Waals surface area contributed by atoms with Gasteiger partial charge in [-0.05, 0) is 19.3 Å². The quantitative estimate of drug-likeness (QED) is 0.682. The van der Waals surface area contributed by atoms with Crippen LogP contribution in [0.5, 0.6) is 0 Å². The lowest BCUT2D eigenvalue weighted by Gasteiger charge is -2.06. The van der Waals surface area contributed by atoms with Gasteiger partial charge in [-0.25, -0.2) is 0 Å². The van der Waals surface area contributed by atoms with Crippen LogP contribution >= 0.6 is 11.6 Å². The van der Waals surface area contributed by atoms with Gasteiger partial charge in [0.2, 0.25) is 0 Å². The maximum absolute atomic E-state index is 11.0. The summed E-state index contributed by atoms with van der Waals surface area (Å²) in [6.07, 6.45) is 2.28. The van der Waals surface area contributed by atoms with E-state index < -0.39 is 4.92 Å². The number of aryl methyl sites for hydroxylation is 1. The van der Waals surface area contributed by atoms with E-state index in [4.69, 9.17) is 11.6 Å². The fraction of sp³-hybridized carbons (Fsp3) is 0.417. The zero-order valence-electron chi connectivity index (χ0n) is 10.5. The highest BCUT2D eigenvalue weighted by Crippen LogP contribution is 2.34. The monoisotopic (exact) mass is 267 g/mol. The summed E-state index contributed by atoms with van der Waals surface area (Å²) in [4.78, 5) is 17.8. The molecule has 0 atom stereocenters. The molecule has 0 spiro atoms. The summed E-state index contributed by atoms with van der Waals surface area (Å²) in [6.45, 7) is 5.81. The predicted octanol–water partition coefficient (Wildman–Crippen LogP) is 3.63. The Kier molecular flexibility index (Phi) is 3.26. The highest BCUT2D eigenvalue weighted by molar-refractivity contribution is 6.36. The fourth-order valence-electron chi connectivity index (χ4n) is 2.04. The second-order valence-electron chi connectivity index (χ2n) is 4.76. The molecule has 5 nitrogen and oxygen atoms in total. The number of fused-ring (bicyclic) bond motifs is 1. The van der Waals surface area contributed by atoms with Crippen molar-refractivity contribution >= 4 is 28.2 Å². The minimum Gasteiger partial charge on any atom is -0.352 e. The lowest BCUT2D eigenvalue weighted by Crippen LogP contribution is -1.98. The molecule has 0 saturated heterocycles. The Morgan fingerprint density at radius 1 is 1.56 bits per heavy atom. The predicted molar refractivity (Wildman–Crippen MR) is 71.0 cm³/mol. The Morgan fingerprint density at radius 2 is 2.22 bits per heavy atom. The molecule has 2 aromatic rings. The van der Waals surface area contributed by atoms with Gasteiger partial charge in [0.05, 0.1) is 32.2 Å². The molecule has 0 amide bonds. The molecule has 6 heteroatoms. The Labute approximate surface area is 109 Å². The average Bonchev–Trinajstić information content (AvgIpc) is 2.59. The number of nitro groups is 1.